The van der Waals surface area contributed by atoms with Gasteiger partial charge in [0.05, 0.1) is 16.1 Å². The van der Waals surface area contributed by atoms with Crippen LogP contribution in [0.2, 0.25) is 0 Å². The van der Waals surface area contributed by atoms with Crippen molar-refractivity contribution in [3.8, 4) is 17.5 Å². The van der Waals surface area contributed by atoms with Gasteiger partial charge in [-0.1, -0.05) is 11.8 Å². The van der Waals surface area contributed by atoms with E-state index in [2.05, 4.69) is 52.9 Å². The molecule has 0 bridgehead atoms. The molecule has 3 heterocycles. The van der Waals surface area contributed by atoms with Gasteiger partial charge in [-0.05, 0) is 64.7 Å². The van der Waals surface area contributed by atoms with Gasteiger partial charge in [0.25, 0.3) is 5.56 Å². The van der Waals surface area contributed by atoms with Gasteiger partial charge in [0.2, 0.25) is 0 Å². The van der Waals surface area contributed by atoms with Crippen molar-refractivity contribution in [3.63, 3.8) is 0 Å². The zero-order valence-corrected chi connectivity index (χ0v) is 19.5. The van der Waals surface area contributed by atoms with Crippen LogP contribution < -0.4 is 10.5 Å². The second kappa shape index (κ2) is 8.46. The van der Waals surface area contributed by atoms with E-state index in [9.17, 15) is 4.79 Å². The molecule has 0 amide bonds. The topological polar surface area (TPSA) is 50.6 Å². The summed E-state index contributed by atoms with van der Waals surface area (Å²) in [7, 11) is 5.90. The summed E-state index contributed by atoms with van der Waals surface area (Å²) in [5, 5.41) is 0. The smallest absolute Gasteiger partial charge is 0.275 e. The third-order valence-corrected chi connectivity index (χ3v) is 6.85. The Morgan fingerprint density at radius 3 is 2.58 bits per heavy atom. The summed E-state index contributed by atoms with van der Waals surface area (Å²) < 4.78 is 7.56. The lowest BCUT2D eigenvalue weighted by Crippen LogP contribution is -2.31. The molecular formula is C24H28N4O2S. The van der Waals surface area contributed by atoms with Crippen LogP contribution in [0.1, 0.15) is 25.1 Å². The Hall–Kier alpha value is -2.66. The largest absolute Gasteiger partial charge is 0.370 e. The first-order valence-corrected chi connectivity index (χ1v) is 11.2. The van der Waals surface area contributed by atoms with E-state index >= 15 is 0 Å². The number of methoxy groups -OCH3 is 1. The van der Waals surface area contributed by atoms with Gasteiger partial charge in [-0.2, -0.15) is 0 Å². The molecule has 162 valence electrons. The van der Waals surface area contributed by atoms with Crippen molar-refractivity contribution in [3.05, 3.63) is 51.9 Å². The number of aromatic nitrogens is 2. The predicted molar refractivity (Wildman–Crippen MR) is 127 cm³/mol. The van der Waals surface area contributed by atoms with Gasteiger partial charge in [-0.15, -0.1) is 11.3 Å². The molecule has 3 aromatic rings. The van der Waals surface area contributed by atoms with Crippen LogP contribution in [0.5, 0.6) is 0 Å². The van der Waals surface area contributed by atoms with Crippen molar-refractivity contribution >= 4 is 27.2 Å². The van der Waals surface area contributed by atoms with Gasteiger partial charge < -0.3 is 14.5 Å². The number of fused-ring (bicyclic) bond motifs is 1. The van der Waals surface area contributed by atoms with E-state index in [4.69, 9.17) is 4.74 Å². The maximum Gasteiger partial charge on any atom is 0.275 e. The molecule has 0 aliphatic carbocycles. The quantitative estimate of drug-likeness (QED) is 0.587. The molecule has 31 heavy (non-hydrogen) atoms. The maximum atomic E-state index is 13.1. The molecule has 0 N–H and O–H groups in total. The van der Waals surface area contributed by atoms with E-state index in [-0.39, 0.29) is 5.56 Å². The van der Waals surface area contributed by atoms with Gasteiger partial charge in [-0.3, -0.25) is 9.36 Å². The Bertz CT molecular complexity index is 1200. The average Bonchev–Trinajstić information content (AvgIpc) is 3.41. The van der Waals surface area contributed by atoms with Crippen molar-refractivity contribution in [2.45, 2.75) is 31.9 Å². The molecule has 0 radical (unpaired) electrons. The number of nitrogens with zero attached hydrogens (tertiary/aromatic N) is 4. The molecule has 1 fully saturated rings. The molecule has 1 atom stereocenters. The summed E-state index contributed by atoms with van der Waals surface area (Å²) in [6, 6.07) is 10.6. The fraction of sp³-hybridized carbons (Fsp3) is 0.417. The van der Waals surface area contributed by atoms with E-state index < -0.39 is 5.60 Å². The molecule has 1 aliphatic rings. The maximum absolute atomic E-state index is 13.1. The second-order valence-electron chi connectivity index (χ2n) is 8.58. The van der Waals surface area contributed by atoms with Gasteiger partial charge in [0.1, 0.15) is 16.6 Å². The highest BCUT2D eigenvalue weighted by Crippen LogP contribution is 2.24. The number of likely N-dealkylation sites (N-methyl/N-ethyl adjacent to an activating group) is 1. The SMILES string of the molecule is COC(C)(C)C#Cc1cc2ncn(-c3ccc(N4CC[C@@H](N(C)C)C4)cc3)c(=O)c2s1. The molecule has 1 aliphatic heterocycles. The van der Waals surface area contributed by atoms with Crippen molar-refractivity contribution in [1.82, 2.24) is 14.5 Å². The predicted octanol–water partition coefficient (Wildman–Crippen LogP) is 3.36. The molecule has 0 saturated carbocycles. The number of ether oxygens (including phenoxy) is 1. The molecule has 1 saturated heterocycles. The summed E-state index contributed by atoms with van der Waals surface area (Å²) in [5.74, 6) is 6.20. The lowest BCUT2D eigenvalue weighted by atomic mass is 10.1. The van der Waals surface area contributed by atoms with Crippen LogP contribution in [0.25, 0.3) is 15.9 Å². The highest BCUT2D eigenvalue weighted by molar-refractivity contribution is 7.19. The lowest BCUT2D eigenvalue weighted by Gasteiger charge is -2.22. The van der Waals surface area contributed by atoms with Crippen LogP contribution in [-0.2, 0) is 4.74 Å². The number of thiophene rings is 1. The van der Waals surface area contributed by atoms with E-state index in [1.807, 2.05) is 32.0 Å². The first-order valence-electron chi connectivity index (χ1n) is 10.4. The molecule has 7 heteroatoms. The van der Waals surface area contributed by atoms with Crippen LogP contribution in [0.3, 0.4) is 0 Å². The Balaban J connectivity index is 1.60. The zero-order chi connectivity index (χ0) is 22.2. The number of anilines is 1. The normalized spacial score (nSPS) is 16.7. The van der Waals surface area contributed by atoms with E-state index in [0.717, 1.165) is 23.7 Å². The van der Waals surface area contributed by atoms with Crippen LogP contribution in [0.4, 0.5) is 5.69 Å². The summed E-state index contributed by atoms with van der Waals surface area (Å²) in [6.07, 6.45) is 2.76. The van der Waals surface area contributed by atoms with Gasteiger partial charge in [-0.25, -0.2) is 4.98 Å². The Labute approximate surface area is 187 Å². The first-order chi connectivity index (χ1) is 14.8. The van der Waals surface area contributed by atoms with Gasteiger partial charge >= 0.3 is 0 Å². The highest BCUT2D eigenvalue weighted by Gasteiger charge is 2.24. The summed E-state index contributed by atoms with van der Waals surface area (Å²) >= 11 is 1.37. The van der Waals surface area contributed by atoms with Crippen LogP contribution in [0, 0.1) is 11.8 Å². The fourth-order valence-corrected chi connectivity index (χ4v) is 4.54. The Morgan fingerprint density at radius 2 is 1.94 bits per heavy atom. The number of hydrogen-bond acceptors (Lipinski definition) is 6. The standard InChI is InChI=1S/C24H28N4O2S/c1-24(2,30-5)12-10-20-14-21-22(31-20)23(29)28(16-25-21)18-8-6-17(7-9-18)27-13-11-19(15-27)26(3)4/h6-9,14,16,19H,11,13,15H2,1-5H3/t19-/m1/s1. The first kappa shape index (κ1) is 21.6. The highest BCUT2D eigenvalue weighted by atomic mass is 32.1. The minimum atomic E-state index is -0.534. The van der Waals surface area contributed by atoms with Crippen LogP contribution in [-0.4, -0.2) is 60.4 Å². The molecule has 6 nitrogen and oxygen atoms in total. The molecule has 2 aromatic heterocycles. The molecule has 0 unspecified atom stereocenters. The van der Waals surface area contributed by atoms with E-state index in [1.165, 1.54) is 23.4 Å². The van der Waals surface area contributed by atoms with Gasteiger partial charge in [0, 0.05) is 31.9 Å². The molecule has 1 aromatic carbocycles. The minimum absolute atomic E-state index is 0.0735. The van der Waals surface area contributed by atoms with E-state index in [1.54, 1.807) is 18.0 Å². The number of hydrogen-bond donors (Lipinski definition) is 0. The summed E-state index contributed by atoms with van der Waals surface area (Å²) in [5.41, 5.74) is 2.07. The van der Waals surface area contributed by atoms with Crippen LogP contribution >= 0.6 is 11.3 Å². The van der Waals surface area contributed by atoms with Crippen molar-refractivity contribution in [1.29, 1.82) is 0 Å². The zero-order valence-electron chi connectivity index (χ0n) is 18.7. The number of benzene rings is 1. The van der Waals surface area contributed by atoms with Gasteiger partial charge in [0.15, 0.2) is 0 Å². The minimum Gasteiger partial charge on any atom is -0.370 e. The van der Waals surface area contributed by atoms with Crippen molar-refractivity contribution in [2.75, 3.05) is 39.2 Å². The average molecular weight is 437 g/mol. The number of rotatable bonds is 4. The summed E-state index contributed by atoms with van der Waals surface area (Å²) in [4.78, 5) is 23.1. The monoisotopic (exact) mass is 436 g/mol. The fourth-order valence-electron chi connectivity index (χ4n) is 3.64. The lowest BCUT2D eigenvalue weighted by molar-refractivity contribution is 0.0742. The third-order valence-electron chi connectivity index (χ3n) is 5.82. The third kappa shape index (κ3) is 4.52. The van der Waals surface area contributed by atoms with Crippen LogP contribution in [0.15, 0.2) is 41.5 Å². The Morgan fingerprint density at radius 1 is 1.23 bits per heavy atom. The second-order valence-corrected chi connectivity index (χ2v) is 9.63. The van der Waals surface area contributed by atoms with E-state index in [0.29, 0.717) is 16.3 Å². The van der Waals surface area contributed by atoms with Crippen molar-refractivity contribution < 1.29 is 4.74 Å². The van der Waals surface area contributed by atoms with Crippen molar-refractivity contribution in [2.24, 2.45) is 0 Å². The molecule has 0 spiro atoms. The molecular weight excluding hydrogens is 408 g/mol. The molecule has 4 rings (SSSR count). The Kier molecular flexibility index (Phi) is 5.89. The summed E-state index contributed by atoms with van der Waals surface area (Å²) in [6.45, 7) is 5.89.